The fraction of sp³-hybridized carbons (Fsp3) is 0.708. The lowest BCUT2D eigenvalue weighted by atomic mass is 9.73. The van der Waals surface area contributed by atoms with Gasteiger partial charge in [-0.2, -0.15) is 0 Å². The van der Waals surface area contributed by atoms with Gasteiger partial charge in [0.05, 0.1) is 12.5 Å². The van der Waals surface area contributed by atoms with E-state index >= 15 is 0 Å². The second-order valence-corrected chi connectivity index (χ2v) is 9.13. The van der Waals surface area contributed by atoms with Crippen LogP contribution >= 0.6 is 0 Å². The van der Waals surface area contributed by atoms with Crippen molar-refractivity contribution in [2.24, 2.45) is 11.8 Å². The molecule has 0 bridgehead atoms. The van der Waals surface area contributed by atoms with Crippen molar-refractivity contribution in [3.05, 3.63) is 24.3 Å². The number of aliphatic hydroxyl groups excluding tert-OH is 1. The molecule has 0 aromatic rings. The summed E-state index contributed by atoms with van der Waals surface area (Å²) in [5.41, 5.74) is -2.23. The summed E-state index contributed by atoms with van der Waals surface area (Å²) in [5.74, 6) is -2.53. The second-order valence-electron chi connectivity index (χ2n) is 9.13. The Hall–Kier alpha value is -2.19. The Morgan fingerprint density at radius 3 is 2.59 bits per heavy atom. The zero-order valence-corrected chi connectivity index (χ0v) is 19.0. The van der Waals surface area contributed by atoms with E-state index in [-0.39, 0.29) is 31.6 Å². The van der Waals surface area contributed by atoms with Crippen LogP contribution in [0.25, 0.3) is 0 Å². The summed E-state index contributed by atoms with van der Waals surface area (Å²) in [6.07, 6.45) is 10.8. The molecule has 8 heteroatoms. The van der Waals surface area contributed by atoms with Crippen LogP contribution in [-0.4, -0.2) is 82.8 Å². The van der Waals surface area contributed by atoms with Gasteiger partial charge >= 0.3 is 5.97 Å². The highest BCUT2D eigenvalue weighted by molar-refractivity contribution is 5.99. The molecule has 2 amide bonds. The molecule has 4 aliphatic rings. The molecular weight excluding hydrogens is 412 g/mol. The molecule has 0 aliphatic carbocycles. The SMILES string of the molecule is CCCCN1CC=C[C@]23O[C@]4(CC)C=CCCOC(=O)[C@@H]4[C@H]2C(=O)N(CCCO)C3C1=O. The summed E-state index contributed by atoms with van der Waals surface area (Å²) < 4.78 is 12.3. The summed E-state index contributed by atoms with van der Waals surface area (Å²) in [6, 6.07) is -0.861. The number of carbonyl (C=O) groups is 3. The fourth-order valence-electron chi connectivity index (χ4n) is 5.81. The van der Waals surface area contributed by atoms with Crippen LogP contribution in [0.5, 0.6) is 0 Å². The highest BCUT2D eigenvalue weighted by Gasteiger charge is 2.75. The Morgan fingerprint density at radius 2 is 1.88 bits per heavy atom. The zero-order valence-electron chi connectivity index (χ0n) is 19.0. The molecule has 0 aromatic heterocycles. The minimum absolute atomic E-state index is 0.0916. The summed E-state index contributed by atoms with van der Waals surface area (Å²) in [6.45, 7) is 5.45. The first-order valence-electron chi connectivity index (χ1n) is 11.9. The molecule has 0 aromatic carbocycles. The number of rotatable bonds is 7. The molecule has 32 heavy (non-hydrogen) atoms. The minimum Gasteiger partial charge on any atom is -0.465 e. The summed E-state index contributed by atoms with van der Waals surface area (Å²) in [5, 5.41) is 9.41. The molecule has 1 N–H and O–H groups in total. The Bertz CT molecular complexity index is 825. The van der Waals surface area contributed by atoms with E-state index in [9.17, 15) is 19.5 Å². The van der Waals surface area contributed by atoms with Crippen molar-refractivity contribution >= 4 is 17.8 Å². The molecular formula is C24H34N2O6. The maximum Gasteiger partial charge on any atom is 0.313 e. The molecule has 176 valence electrons. The van der Waals surface area contributed by atoms with Crippen molar-refractivity contribution in [3.63, 3.8) is 0 Å². The van der Waals surface area contributed by atoms with Gasteiger partial charge in [-0.15, -0.1) is 0 Å². The number of fused-ring (bicyclic) bond motifs is 2. The monoisotopic (exact) mass is 446 g/mol. The van der Waals surface area contributed by atoms with E-state index in [4.69, 9.17) is 9.47 Å². The van der Waals surface area contributed by atoms with E-state index in [0.29, 0.717) is 32.4 Å². The van der Waals surface area contributed by atoms with Crippen LogP contribution in [0.1, 0.15) is 46.0 Å². The van der Waals surface area contributed by atoms with E-state index in [1.165, 1.54) is 4.90 Å². The van der Waals surface area contributed by atoms with E-state index in [1.807, 2.05) is 31.2 Å². The van der Waals surface area contributed by atoms with E-state index in [2.05, 4.69) is 6.92 Å². The molecule has 2 saturated heterocycles. The topological polar surface area (TPSA) is 96.4 Å². The van der Waals surface area contributed by atoms with Crippen molar-refractivity contribution in [1.29, 1.82) is 0 Å². The Balaban J connectivity index is 1.84. The molecule has 4 rings (SSSR count). The number of nitrogens with zero attached hydrogens (tertiary/aromatic N) is 2. The predicted molar refractivity (Wildman–Crippen MR) is 116 cm³/mol. The number of ether oxygens (including phenoxy) is 2. The number of unbranched alkanes of at least 4 members (excludes halogenated alkanes) is 1. The third-order valence-corrected chi connectivity index (χ3v) is 7.32. The zero-order chi connectivity index (χ0) is 22.9. The van der Waals surface area contributed by atoms with Crippen LogP contribution in [0.4, 0.5) is 0 Å². The predicted octanol–water partition coefficient (Wildman–Crippen LogP) is 1.43. The molecule has 0 radical (unpaired) electrons. The number of likely N-dealkylation sites (tertiary alicyclic amines) is 1. The largest absolute Gasteiger partial charge is 0.465 e. The van der Waals surface area contributed by atoms with Crippen LogP contribution in [0.2, 0.25) is 0 Å². The number of hydrogen-bond acceptors (Lipinski definition) is 6. The van der Waals surface area contributed by atoms with E-state index in [0.717, 1.165) is 12.8 Å². The fourth-order valence-corrected chi connectivity index (χ4v) is 5.81. The number of carbonyl (C=O) groups excluding carboxylic acids is 3. The van der Waals surface area contributed by atoms with Gasteiger partial charge in [0, 0.05) is 26.2 Å². The average Bonchev–Trinajstić information content (AvgIpc) is 3.12. The highest BCUT2D eigenvalue weighted by atomic mass is 16.6. The molecule has 0 saturated carbocycles. The number of esters is 1. The van der Waals surface area contributed by atoms with Crippen molar-refractivity contribution < 1.29 is 29.0 Å². The quantitative estimate of drug-likeness (QED) is 0.470. The maximum atomic E-state index is 13.8. The van der Waals surface area contributed by atoms with Gasteiger partial charge in [0.1, 0.15) is 23.2 Å². The summed E-state index contributed by atoms with van der Waals surface area (Å²) in [7, 11) is 0. The number of hydrogen-bond donors (Lipinski definition) is 1. The van der Waals surface area contributed by atoms with Gasteiger partial charge in [-0.1, -0.05) is 44.6 Å². The number of amides is 2. The van der Waals surface area contributed by atoms with Crippen molar-refractivity contribution in [2.45, 2.75) is 63.2 Å². The standard InChI is InChI=1S/C24H34N2O6/c1-3-5-12-25-13-8-11-24-17(20(28)26(14-9-15-27)19(24)21(25)29)18-22(30)31-16-7-6-10-23(18,4-2)32-24/h6,8,10-11,17-19,27H,3-5,7,9,12-16H2,1-2H3/t17-,18-,19?,23+,24-/m0/s1. The Labute approximate surface area is 189 Å². The van der Waals surface area contributed by atoms with Gasteiger partial charge in [-0.05, 0) is 25.7 Å². The lowest BCUT2D eigenvalue weighted by molar-refractivity contribution is -0.161. The van der Waals surface area contributed by atoms with E-state index < -0.39 is 35.0 Å². The number of aliphatic hydroxyl groups is 1. The maximum absolute atomic E-state index is 13.8. The first kappa shape index (κ1) is 23.0. The lowest BCUT2D eigenvalue weighted by Gasteiger charge is -2.38. The van der Waals surface area contributed by atoms with Gasteiger partial charge in [0.25, 0.3) is 0 Å². The van der Waals surface area contributed by atoms with Gasteiger partial charge < -0.3 is 24.4 Å². The van der Waals surface area contributed by atoms with Crippen molar-refractivity contribution in [2.75, 3.05) is 32.8 Å². The Kier molecular flexibility index (Phi) is 6.45. The van der Waals surface area contributed by atoms with Crippen molar-refractivity contribution in [3.8, 4) is 0 Å². The van der Waals surface area contributed by atoms with Crippen LogP contribution < -0.4 is 0 Å². The van der Waals surface area contributed by atoms with E-state index in [1.54, 1.807) is 4.90 Å². The number of cyclic esters (lactones) is 1. The van der Waals surface area contributed by atoms with Crippen LogP contribution in [0.15, 0.2) is 24.3 Å². The molecule has 4 aliphatic heterocycles. The lowest BCUT2D eigenvalue weighted by Crippen LogP contribution is -2.56. The van der Waals surface area contributed by atoms with Gasteiger partial charge in [0.2, 0.25) is 11.8 Å². The molecule has 2 fully saturated rings. The normalized spacial score (nSPS) is 36.3. The van der Waals surface area contributed by atoms with Crippen LogP contribution in [-0.2, 0) is 23.9 Å². The third kappa shape index (κ3) is 3.39. The first-order valence-corrected chi connectivity index (χ1v) is 11.9. The molecule has 1 unspecified atom stereocenters. The smallest absolute Gasteiger partial charge is 0.313 e. The van der Waals surface area contributed by atoms with Crippen LogP contribution in [0, 0.1) is 11.8 Å². The summed E-state index contributed by atoms with van der Waals surface area (Å²) >= 11 is 0. The molecule has 5 atom stereocenters. The van der Waals surface area contributed by atoms with Gasteiger partial charge in [-0.3, -0.25) is 14.4 Å². The average molecular weight is 447 g/mol. The Morgan fingerprint density at radius 1 is 1.06 bits per heavy atom. The second kappa shape index (κ2) is 8.98. The third-order valence-electron chi connectivity index (χ3n) is 7.32. The van der Waals surface area contributed by atoms with Gasteiger partial charge in [-0.25, -0.2) is 0 Å². The molecule has 1 spiro atoms. The highest BCUT2D eigenvalue weighted by Crippen LogP contribution is 2.58. The van der Waals surface area contributed by atoms with Gasteiger partial charge in [0.15, 0.2) is 0 Å². The summed E-state index contributed by atoms with van der Waals surface area (Å²) in [4.78, 5) is 44.1. The molecule has 4 heterocycles. The van der Waals surface area contributed by atoms with Crippen LogP contribution in [0.3, 0.4) is 0 Å². The first-order chi connectivity index (χ1) is 15.5. The molecule has 8 nitrogen and oxygen atoms in total. The van der Waals surface area contributed by atoms with Crippen molar-refractivity contribution in [1.82, 2.24) is 9.80 Å². The minimum atomic E-state index is -1.24.